The molecular formula is C20H26ClN3OS. The number of hydrogen-bond donors (Lipinski definition) is 0. The first-order valence-corrected chi connectivity index (χ1v) is 10.8. The van der Waals surface area contributed by atoms with E-state index in [1.807, 2.05) is 70.5 Å². The van der Waals surface area contributed by atoms with Crippen LogP contribution in [0.3, 0.4) is 0 Å². The summed E-state index contributed by atoms with van der Waals surface area (Å²) in [5.74, 6) is 0.592. The first-order chi connectivity index (χ1) is 12.5. The van der Waals surface area contributed by atoms with E-state index < -0.39 is 10.8 Å². The number of pyridine rings is 1. The summed E-state index contributed by atoms with van der Waals surface area (Å²) in [6.07, 6.45) is 0. The number of rotatable bonds is 1. The minimum atomic E-state index is -0.985. The second kappa shape index (κ2) is 8.78. The molecule has 0 saturated carbocycles. The number of halogens is 1. The van der Waals surface area contributed by atoms with E-state index in [0.29, 0.717) is 17.3 Å². The summed E-state index contributed by atoms with van der Waals surface area (Å²) >= 11 is 6.40. The van der Waals surface area contributed by atoms with Gasteiger partial charge in [0.15, 0.2) is 0 Å². The van der Waals surface area contributed by atoms with Gasteiger partial charge in [-0.3, -0.25) is 8.89 Å². The van der Waals surface area contributed by atoms with Gasteiger partial charge in [-0.1, -0.05) is 51.4 Å². The Morgan fingerprint density at radius 1 is 1.12 bits per heavy atom. The zero-order valence-electron chi connectivity index (χ0n) is 16.3. The van der Waals surface area contributed by atoms with Crippen LogP contribution in [-0.4, -0.2) is 24.7 Å². The molecule has 0 bridgehead atoms. The fourth-order valence-electron chi connectivity index (χ4n) is 2.88. The molecule has 2 aromatic heterocycles. The Morgan fingerprint density at radius 2 is 1.81 bits per heavy atom. The van der Waals surface area contributed by atoms with Crippen molar-refractivity contribution in [1.82, 2.24) is 14.8 Å². The lowest BCUT2D eigenvalue weighted by Crippen LogP contribution is -2.16. The van der Waals surface area contributed by atoms with Crippen molar-refractivity contribution in [3.05, 3.63) is 40.5 Å². The van der Waals surface area contributed by atoms with Crippen LogP contribution in [0.5, 0.6) is 0 Å². The molecule has 4 rings (SSSR count). The molecule has 3 aromatic rings. The third kappa shape index (κ3) is 3.69. The van der Waals surface area contributed by atoms with Gasteiger partial charge in [0.25, 0.3) is 0 Å². The molecule has 1 atom stereocenters. The SMILES string of the molecule is CC.CC.Cc1ccc(-c2nn3c4c(cc(C)nc24)S(=O)CC3)c(Cl)c1. The van der Waals surface area contributed by atoms with Crippen LogP contribution < -0.4 is 0 Å². The Hall–Kier alpha value is -1.72. The maximum absolute atomic E-state index is 12.3. The molecule has 0 fully saturated rings. The fraction of sp³-hybridized carbons (Fsp3) is 0.400. The van der Waals surface area contributed by atoms with Crippen LogP contribution in [0.4, 0.5) is 0 Å². The van der Waals surface area contributed by atoms with E-state index in [9.17, 15) is 4.21 Å². The van der Waals surface area contributed by atoms with Gasteiger partial charge < -0.3 is 0 Å². The molecule has 4 nitrogen and oxygen atoms in total. The van der Waals surface area contributed by atoms with E-state index >= 15 is 0 Å². The highest BCUT2D eigenvalue weighted by molar-refractivity contribution is 7.85. The summed E-state index contributed by atoms with van der Waals surface area (Å²) in [5.41, 5.74) is 5.25. The third-order valence-corrected chi connectivity index (χ3v) is 5.57. The molecule has 1 aliphatic rings. The molecule has 6 heteroatoms. The molecular weight excluding hydrogens is 366 g/mol. The molecule has 3 heterocycles. The smallest absolute Gasteiger partial charge is 0.120 e. The predicted octanol–water partition coefficient (Wildman–Crippen LogP) is 5.54. The molecule has 0 N–H and O–H groups in total. The Balaban J connectivity index is 0.000000570. The van der Waals surface area contributed by atoms with Crippen molar-refractivity contribution >= 4 is 33.4 Å². The molecule has 0 saturated heterocycles. The number of benzene rings is 1. The quantitative estimate of drug-likeness (QED) is 0.547. The standard InChI is InChI=1S/C16H14ClN3OS.2C2H6/c1-9-3-4-11(12(17)7-9)14-15-16-13(8-10(2)18-15)22(21)6-5-20(16)19-14;2*1-2/h3-4,7-8H,5-6H2,1-2H3;2*1-2H3. The second-order valence-electron chi connectivity index (χ2n) is 5.56. The van der Waals surface area contributed by atoms with E-state index in [4.69, 9.17) is 16.7 Å². The van der Waals surface area contributed by atoms with Crippen LogP contribution >= 0.6 is 11.6 Å². The molecule has 0 amide bonds. The monoisotopic (exact) mass is 391 g/mol. The molecule has 26 heavy (non-hydrogen) atoms. The molecule has 0 spiro atoms. The van der Waals surface area contributed by atoms with Crippen molar-refractivity contribution in [1.29, 1.82) is 0 Å². The largest absolute Gasteiger partial charge is 0.260 e. The molecule has 0 radical (unpaired) electrons. The average Bonchev–Trinajstić information content (AvgIpc) is 3.00. The van der Waals surface area contributed by atoms with Gasteiger partial charge in [-0.15, -0.1) is 0 Å². The average molecular weight is 392 g/mol. The molecule has 1 aliphatic heterocycles. The lowest BCUT2D eigenvalue weighted by Gasteiger charge is -2.13. The van der Waals surface area contributed by atoms with E-state index in [1.165, 1.54) is 0 Å². The predicted molar refractivity (Wildman–Crippen MR) is 111 cm³/mol. The molecule has 1 aromatic carbocycles. The van der Waals surface area contributed by atoms with Gasteiger partial charge in [-0.05, 0) is 31.5 Å². The van der Waals surface area contributed by atoms with Gasteiger partial charge in [0, 0.05) is 17.0 Å². The lowest BCUT2D eigenvalue weighted by atomic mass is 10.1. The third-order valence-electron chi connectivity index (χ3n) is 3.90. The van der Waals surface area contributed by atoms with Crippen LogP contribution in [0.25, 0.3) is 22.3 Å². The van der Waals surface area contributed by atoms with E-state index in [1.54, 1.807) is 0 Å². The van der Waals surface area contributed by atoms with Gasteiger partial charge in [0.05, 0.1) is 27.3 Å². The van der Waals surface area contributed by atoms with Gasteiger partial charge in [0.2, 0.25) is 0 Å². The highest BCUT2D eigenvalue weighted by atomic mass is 35.5. The Kier molecular flexibility index (Phi) is 6.95. The maximum Gasteiger partial charge on any atom is 0.120 e. The first kappa shape index (κ1) is 20.6. The minimum Gasteiger partial charge on any atom is -0.260 e. The van der Waals surface area contributed by atoms with Crippen LogP contribution in [0.2, 0.25) is 5.02 Å². The van der Waals surface area contributed by atoms with E-state index in [2.05, 4.69) is 4.98 Å². The summed E-state index contributed by atoms with van der Waals surface area (Å²) in [6, 6.07) is 7.81. The Labute approximate surface area is 163 Å². The summed E-state index contributed by atoms with van der Waals surface area (Å²) in [5, 5.41) is 5.36. The van der Waals surface area contributed by atoms with Crippen LogP contribution in [0, 0.1) is 13.8 Å². The number of aryl methyl sites for hydroxylation is 3. The number of nitrogens with zero attached hydrogens (tertiary/aromatic N) is 3. The summed E-state index contributed by atoms with van der Waals surface area (Å²) in [6.45, 7) is 12.6. The lowest BCUT2D eigenvalue weighted by molar-refractivity contribution is 0.644. The second-order valence-corrected chi connectivity index (χ2v) is 7.51. The zero-order chi connectivity index (χ0) is 19.4. The van der Waals surface area contributed by atoms with Gasteiger partial charge in [-0.25, -0.2) is 4.98 Å². The molecule has 140 valence electrons. The maximum atomic E-state index is 12.3. The van der Waals surface area contributed by atoms with Gasteiger partial charge in [-0.2, -0.15) is 5.10 Å². The van der Waals surface area contributed by atoms with Crippen molar-refractivity contribution < 1.29 is 4.21 Å². The topological polar surface area (TPSA) is 47.8 Å². The van der Waals surface area contributed by atoms with Crippen LogP contribution in [0.15, 0.2) is 29.2 Å². The number of aromatic nitrogens is 3. The zero-order valence-corrected chi connectivity index (χ0v) is 17.8. The highest BCUT2D eigenvalue weighted by Crippen LogP contribution is 2.36. The normalized spacial score (nSPS) is 15.0. The Morgan fingerprint density at radius 3 is 2.46 bits per heavy atom. The van der Waals surface area contributed by atoms with Crippen LogP contribution in [0.1, 0.15) is 39.0 Å². The summed E-state index contributed by atoms with van der Waals surface area (Å²) in [7, 11) is -0.985. The van der Waals surface area contributed by atoms with Gasteiger partial charge in [0.1, 0.15) is 16.7 Å². The highest BCUT2D eigenvalue weighted by Gasteiger charge is 2.25. The van der Waals surface area contributed by atoms with Gasteiger partial charge >= 0.3 is 0 Å². The van der Waals surface area contributed by atoms with E-state index in [0.717, 1.165) is 38.4 Å². The Bertz CT molecular complexity index is 950. The van der Waals surface area contributed by atoms with Crippen molar-refractivity contribution in [3.63, 3.8) is 0 Å². The van der Waals surface area contributed by atoms with Crippen molar-refractivity contribution in [2.24, 2.45) is 0 Å². The first-order valence-electron chi connectivity index (χ1n) is 9.07. The van der Waals surface area contributed by atoms with Crippen molar-refractivity contribution in [2.75, 3.05) is 5.75 Å². The van der Waals surface area contributed by atoms with Crippen molar-refractivity contribution in [2.45, 2.75) is 53.0 Å². The van der Waals surface area contributed by atoms with Crippen LogP contribution in [-0.2, 0) is 17.3 Å². The molecule has 1 unspecified atom stereocenters. The minimum absolute atomic E-state index is 0.592. The summed E-state index contributed by atoms with van der Waals surface area (Å²) in [4.78, 5) is 5.47. The fourth-order valence-corrected chi connectivity index (χ4v) is 4.48. The summed E-state index contributed by atoms with van der Waals surface area (Å²) < 4.78 is 14.2. The molecule has 0 aliphatic carbocycles. The van der Waals surface area contributed by atoms with E-state index in [-0.39, 0.29) is 0 Å². The van der Waals surface area contributed by atoms with Crippen molar-refractivity contribution in [3.8, 4) is 11.3 Å². The number of hydrogen-bond acceptors (Lipinski definition) is 3.